The van der Waals surface area contributed by atoms with Crippen LogP contribution in [0.25, 0.3) is 5.70 Å². The molecule has 1 amide bonds. The number of aromatic amines is 1. The first-order valence-electron chi connectivity index (χ1n) is 9.32. The minimum Gasteiger partial charge on any atom is -0.333 e. The second-order valence-electron chi connectivity index (χ2n) is 7.17. The second-order valence-corrected chi connectivity index (χ2v) is 8.37. The minimum absolute atomic E-state index is 0.182. The molecule has 0 radical (unpaired) electrons. The van der Waals surface area contributed by atoms with Gasteiger partial charge in [-0.15, -0.1) is 0 Å². The van der Waals surface area contributed by atoms with Gasteiger partial charge in [0.25, 0.3) is 11.5 Å². The van der Waals surface area contributed by atoms with Crippen molar-refractivity contribution in [2.75, 3.05) is 6.54 Å². The van der Waals surface area contributed by atoms with E-state index in [4.69, 9.17) is 35.4 Å². The van der Waals surface area contributed by atoms with Gasteiger partial charge >= 0.3 is 0 Å². The van der Waals surface area contributed by atoms with Crippen molar-refractivity contribution in [1.82, 2.24) is 14.5 Å². The van der Waals surface area contributed by atoms with Gasteiger partial charge in [0.05, 0.1) is 22.3 Å². The predicted molar refractivity (Wildman–Crippen MR) is 125 cm³/mol. The van der Waals surface area contributed by atoms with Gasteiger partial charge in [-0.3, -0.25) is 14.2 Å². The molecule has 2 aromatic rings. The molecular weight excluding hydrogens is 441 g/mol. The van der Waals surface area contributed by atoms with Crippen molar-refractivity contribution in [2.24, 2.45) is 0 Å². The van der Waals surface area contributed by atoms with E-state index in [0.29, 0.717) is 45.5 Å². The molecule has 8 heteroatoms. The van der Waals surface area contributed by atoms with Crippen molar-refractivity contribution in [1.29, 1.82) is 0 Å². The van der Waals surface area contributed by atoms with Crippen LogP contribution in [0.15, 0.2) is 53.4 Å². The van der Waals surface area contributed by atoms with Crippen LogP contribution in [0.2, 0.25) is 10.0 Å². The highest BCUT2D eigenvalue weighted by atomic mass is 35.5. The summed E-state index contributed by atoms with van der Waals surface area (Å²) < 4.78 is 1.70. The lowest BCUT2D eigenvalue weighted by Crippen LogP contribution is -2.40. The molecule has 1 aliphatic rings. The minimum atomic E-state index is -0.191. The fourth-order valence-electron chi connectivity index (χ4n) is 3.23. The molecule has 1 N–H and O–H groups in total. The summed E-state index contributed by atoms with van der Waals surface area (Å²) >= 11 is 17.4. The highest BCUT2D eigenvalue weighted by molar-refractivity contribution is 7.71. The topological polar surface area (TPSA) is 58.1 Å². The lowest BCUT2D eigenvalue weighted by Gasteiger charge is -2.29. The number of halogens is 2. The third kappa shape index (κ3) is 4.51. The first-order chi connectivity index (χ1) is 14.2. The van der Waals surface area contributed by atoms with Crippen molar-refractivity contribution >= 4 is 47.0 Å². The lowest BCUT2D eigenvalue weighted by molar-refractivity contribution is 0.0731. The van der Waals surface area contributed by atoms with E-state index in [1.54, 1.807) is 29.2 Å². The molecule has 0 atom stereocenters. The van der Waals surface area contributed by atoms with Gasteiger partial charge in [-0.25, -0.2) is 0 Å². The Labute approximate surface area is 189 Å². The molecule has 30 heavy (non-hydrogen) atoms. The molecule has 0 fully saturated rings. The van der Waals surface area contributed by atoms with Crippen LogP contribution in [-0.2, 0) is 13.0 Å². The Bertz CT molecular complexity index is 1200. The van der Waals surface area contributed by atoms with Gasteiger partial charge in [-0.2, -0.15) is 0 Å². The lowest BCUT2D eigenvalue weighted by atomic mass is 10.0. The Hall–Kier alpha value is -2.41. The third-order valence-corrected chi connectivity index (χ3v) is 5.80. The number of rotatable bonds is 4. The van der Waals surface area contributed by atoms with Crippen molar-refractivity contribution in [2.45, 2.75) is 26.8 Å². The predicted octanol–water partition coefficient (Wildman–Crippen LogP) is 5.40. The first kappa shape index (κ1) is 22.3. The SMILES string of the molecule is C=C/C(=C\C=C(C)C)n1c(=S)[nH]c2c(c1=O)CCN(C(=O)c1ccc(Cl)c(Cl)c1)C2. The van der Waals surface area contributed by atoms with Crippen molar-refractivity contribution in [3.63, 3.8) is 0 Å². The number of hydrogen-bond acceptors (Lipinski definition) is 3. The summed E-state index contributed by atoms with van der Waals surface area (Å²) in [5, 5.41) is 0.711. The first-order valence-corrected chi connectivity index (χ1v) is 10.5. The van der Waals surface area contributed by atoms with Gasteiger partial charge in [0, 0.05) is 23.4 Å². The molecule has 3 rings (SSSR count). The van der Waals surface area contributed by atoms with Crippen LogP contribution in [-0.4, -0.2) is 26.9 Å². The molecule has 0 bridgehead atoms. The van der Waals surface area contributed by atoms with Crippen LogP contribution in [0.4, 0.5) is 0 Å². The van der Waals surface area contributed by atoms with Gasteiger partial charge in [0.15, 0.2) is 4.77 Å². The maximum absolute atomic E-state index is 13.1. The molecule has 0 spiro atoms. The van der Waals surface area contributed by atoms with E-state index < -0.39 is 0 Å². The largest absolute Gasteiger partial charge is 0.333 e. The van der Waals surface area contributed by atoms with E-state index in [1.807, 2.05) is 26.0 Å². The number of amides is 1. The van der Waals surface area contributed by atoms with E-state index in [2.05, 4.69) is 11.6 Å². The molecule has 2 heterocycles. The van der Waals surface area contributed by atoms with Gasteiger partial charge < -0.3 is 9.88 Å². The fraction of sp³-hybridized carbons (Fsp3) is 0.227. The summed E-state index contributed by atoms with van der Waals surface area (Å²) in [5.74, 6) is -0.182. The monoisotopic (exact) mass is 461 g/mol. The molecule has 0 saturated heterocycles. The standard InChI is InChI=1S/C22H21Cl2N3O2S/c1-4-15(7-5-13(2)3)27-21(29)16-9-10-26(12-19(16)25-22(27)30)20(28)14-6-8-17(23)18(24)11-14/h4-8,11H,1,9-10,12H2,2-3H3,(H,25,30)/b15-7+. The molecule has 1 aliphatic heterocycles. The van der Waals surface area contributed by atoms with Crippen molar-refractivity contribution in [3.8, 4) is 0 Å². The summed E-state index contributed by atoms with van der Waals surface area (Å²) in [6.07, 6.45) is 5.72. The normalized spacial score (nSPS) is 13.6. The number of fused-ring (bicyclic) bond motifs is 1. The van der Waals surface area contributed by atoms with E-state index in [1.165, 1.54) is 4.57 Å². The number of allylic oxidation sites excluding steroid dienone is 5. The number of nitrogens with one attached hydrogen (secondary N) is 1. The molecule has 0 aliphatic carbocycles. The summed E-state index contributed by atoms with van der Waals surface area (Å²) in [6.45, 7) is 8.40. The van der Waals surface area contributed by atoms with E-state index in [-0.39, 0.29) is 22.8 Å². The smallest absolute Gasteiger partial charge is 0.262 e. The molecule has 0 saturated carbocycles. The van der Waals surface area contributed by atoms with E-state index in [9.17, 15) is 9.59 Å². The van der Waals surface area contributed by atoms with Crippen LogP contribution >= 0.6 is 35.4 Å². The summed E-state index contributed by atoms with van der Waals surface area (Å²) in [4.78, 5) is 30.8. The van der Waals surface area contributed by atoms with Gasteiger partial charge in [0.2, 0.25) is 0 Å². The van der Waals surface area contributed by atoms with Crippen LogP contribution in [0.5, 0.6) is 0 Å². The number of carbonyl (C=O) groups is 1. The summed E-state index contributed by atoms with van der Waals surface area (Å²) in [6, 6.07) is 4.78. The molecule has 1 aromatic carbocycles. The van der Waals surface area contributed by atoms with Crippen molar-refractivity contribution < 1.29 is 4.79 Å². The van der Waals surface area contributed by atoms with E-state index in [0.717, 1.165) is 5.57 Å². The number of H-pyrrole nitrogens is 1. The second kappa shape index (κ2) is 9.16. The zero-order valence-electron chi connectivity index (χ0n) is 16.7. The Morgan fingerprint density at radius 2 is 1.97 bits per heavy atom. The Balaban J connectivity index is 1.97. The number of carbonyl (C=O) groups excluding carboxylic acids is 1. The maximum atomic E-state index is 13.1. The highest BCUT2D eigenvalue weighted by Crippen LogP contribution is 2.24. The zero-order valence-corrected chi connectivity index (χ0v) is 19.0. The summed E-state index contributed by atoms with van der Waals surface area (Å²) in [7, 11) is 0. The number of benzene rings is 1. The average molecular weight is 462 g/mol. The molecule has 156 valence electrons. The molecule has 5 nitrogen and oxygen atoms in total. The van der Waals surface area contributed by atoms with Crippen molar-refractivity contribution in [3.05, 3.63) is 90.6 Å². The number of hydrogen-bond donors (Lipinski definition) is 1. The Morgan fingerprint density at radius 1 is 1.23 bits per heavy atom. The van der Waals surface area contributed by atoms with Crippen LogP contribution < -0.4 is 5.56 Å². The van der Waals surface area contributed by atoms with Gasteiger partial charge in [-0.05, 0) is 62.8 Å². The Kier molecular flexibility index (Phi) is 6.81. The molecule has 0 unspecified atom stereocenters. The molecule has 1 aromatic heterocycles. The fourth-order valence-corrected chi connectivity index (χ4v) is 3.84. The highest BCUT2D eigenvalue weighted by Gasteiger charge is 2.25. The van der Waals surface area contributed by atoms with Crippen LogP contribution in [0, 0.1) is 4.77 Å². The third-order valence-electron chi connectivity index (χ3n) is 4.78. The van der Waals surface area contributed by atoms with E-state index >= 15 is 0 Å². The van der Waals surface area contributed by atoms with Gasteiger partial charge in [0.1, 0.15) is 0 Å². The zero-order chi connectivity index (χ0) is 22.0. The number of aromatic nitrogens is 2. The van der Waals surface area contributed by atoms with Gasteiger partial charge in [-0.1, -0.05) is 41.4 Å². The quantitative estimate of drug-likeness (QED) is 0.489. The molecular formula is C22H21Cl2N3O2S. The van der Waals surface area contributed by atoms with Crippen LogP contribution in [0.1, 0.15) is 35.5 Å². The van der Waals surface area contributed by atoms with Crippen LogP contribution in [0.3, 0.4) is 0 Å². The maximum Gasteiger partial charge on any atom is 0.262 e. The summed E-state index contributed by atoms with van der Waals surface area (Å²) in [5.41, 5.74) is 3.20. The Morgan fingerprint density at radius 3 is 2.60 bits per heavy atom. The number of nitrogens with zero attached hydrogens (tertiary/aromatic N) is 2. The average Bonchev–Trinajstić information content (AvgIpc) is 2.71.